The molecule has 8 nitrogen and oxygen atoms in total. The number of nitrogens with one attached hydrogen (secondary N) is 1. The molecule has 0 aliphatic rings. The number of amides is 1. The molecule has 1 N–H and O–H groups in total. The summed E-state index contributed by atoms with van der Waals surface area (Å²) in [6.45, 7) is 5.22. The zero-order chi connectivity index (χ0) is 17.6. The van der Waals surface area contributed by atoms with Crippen LogP contribution < -0.4 is 5.32 Å². The zero-order valence-electron chi connectivity index (χ0n) is 14.0. The highest BCUT2D eigenvalue weighted by molar-refractivity contribution is 5.82. The molecule has 0 unspecified atom stereocenters. The van der Waals surface area contributed by atoms with Crippen LogP contribution in [0.3, 0.4) is 0 Å². The largest absolute Gasteiger partial charge is 0.454 e. The molecule has 0 spiro atoms. The second-order valence-corrected chi connectivity index (χ2v) is 6.40. The lowest BCUT2D eigenvalue weighted by atomic mass is 10.1. The predicted molar refractivity (Wildman–Crippen MR) is 85.9 cm³/mol. The van der Waals surface area contributed by atoms with Crippen molar-refractivity contribution in [3.8, 4) is 0 Å². The van der Waals surface area contributed by atoms with Gasteiger partial charge in [-0.1, -0.05) is 30.3 Å². The maximum absolute atomic E-state index is 12.4. The number of nitrogens with zero attached hydrogens (tertiary/aromatic N) is 4. The quantitative estimate of drug-likeness (QED) is 0.790. The number of esters is 1. The van der Waals surface area contributed by atoms with E-state index < -0.39 is 12.0 Å². The summed E-state index contributed by atoms with van der Waals surface area (Å²) in [6.07, 6.45) is 1.72. The first-order valence-corrected chi connectivity index (χ1v) is 7.59. The molecule has 0 radical (unpaired) electrons. The monoisotopic (exact) mass is 331 g/mol. The standard InChI is InChI=1S/C16H21N5O3/c1-16(2,3)18-14(22)10-24-15(23)13(21-11-17-19-20-21)9-12-7-5-4-6-8-12/h4-8,11,13H,9-10H2,1-3H3,(H,18,22)/t13-/m0/s1. The molecule has 0 fully saturated rings. The average Bonchev–Trinajstić information content (AvgIpc) is 3.04. The summed E-state index contributed by atoms with van der Waals surface area (Å²) in [5.41, 5.74) is 0.553. The first-order chi connectivity index (χ1) is 11.3. The number of carbonyl (C=O) groups excluding carboxylic acids is 2. The van der Waals surface area contributed by atoms with E-state index in [4.69, 9.17) is 4.74 Å². The highest BCUT2D eigenvalue weighted by atomic mass is 16.5. The molecule has 0 saturated heterocycles. The van der Waals surface area contributed by atoms with Crippen LogP contribution in [0.4, 0.5) is 0 Å². The van der Waals surface area contributed by atoms with Gasteiger partial charge >= 0.3 is 5.97 Å². The number of tetrazole rings is 1. The van der Waals surface area contributed by atoms with E-state index in [-0.39, 0.29) is 18.1 Å². The number of benzene rings is 1. The van der Waals surface area contributed by atoms with Gasteiger partial charge < -0.3 is 10.1 Å². The van der Waals surface area contributed by atoms with Crippen molar-refractivity contribution in [1.29, 1.82) is 0 Å². The summed E-state index contributed by atoms with van der Waals surface area (Å²) in [4.78, 5) is 24.2. The Balaban J connectivity index is 2.02. The van der Waals surface area contributed by atoms with Crippen LogP contribution in [0.1, 0.15) is 32.4 Å². The maximum atomic E-state index is 12.4. The van der Waals surface area contributed by atoms with Crippen molar-refractivity contribution in [2.45, 2.75) is 38.8 Å². The Hall–Kier alpha value is -2.77. The van der Waals surface area contributed by atoms with E-state index in [2.05, 4.69) is 20.8 Å². The van der Waals surface area contributed by atoms with Gasteiger partial charge in [0.1, 0.15) is 6.33 Å². The van der Waals surface area contributed by atoms with E-state index in [1.54, 1.807) is 0 Å². The third kappa shape index (κ3) is 5.45. The summed E-state index contributed by atoms with van der Waals surface area (Å²) in [7, 11) is 0. The minimum Gasteiger partial charge on any atom is -0.454 e. The van der Waals surface area contributed by atoms with Crippen molar-refractivity contribution in [1.82, 2.24) is 25.5 Å². The van der Waals surface area contributed by atoms with Gasteiger partial charge in [-0.3, -0.25) is 4.79 Å². The second kappa shape index (κ2) is 7.67. The number of rotatable bonds is 6. The number of hydrogen-bond donors (Lipinski definition) is 1. The van der Waals surface area contributed by atoms with Crippen molar-refractivity contribution >= 4 is 11.9 Å². The summed E-state index contributed by atoms with van der Waals surface area (Å²) >= 11 is 0. The first-order valence-electron chi connectivity index (χ1n) is 7.59. The van der Waals surface area contributed by atoms with Gasteiger partial charge in [0.05, 0.1) is 0 Å². The lowest BCUT2D eigenvalue weighted by Crippen LogP contribution is -2.43. The molecule has 8 heteroatoms. The fourth-order valence-electron chi connectivity index (χ4n) is 2.12. The molecule has 1 heterocycles. The SMILES string of the molecule is CC(C)(C)NC(=O)COC(=O)[C@H](Cc1ccccc1)n1cnnn1. The van der Waals surface area contributed by atoms with Crippen LogP contribution in [0.15, 0.2) is 36.7 Å². The fraction of sp³-hybridized carbons (Fsp3) is 0.438. The molecule has 0 saturated carbocycles. The molecule has 1 amide bonds. The van der Waals surface area contributed by atoms with Crippen LogP contribution in [-0.4, -0.2) is 44.2 Å². The van der Waals surface area contributed by atoms with Crippen molar-refractivity contribution < 1.29 is 14.3 Å². The lowest BCUT2D eigenvalue weighted by molar-refractivity contribution is -0.152. The summed E-state index contributed by atoms with van der Waals surface area (Å²) in [5.74, 6) is -0.916. The molecule has 1 aromatic carbocycles. The topological polar surface area (TPSA) is 99.0 Å². The lowest BCUT2D eigenvalue weighted by Gasteiger charge is -2.21. The molecule has 24 heavy (non-hydrogen) atoms. The van der Waals surface area contributed by atoms with E-state index in [0.29, 0.717) is 6.42 Å². The number of hydrogen-bond acceptors (Lipinski definition) is 6. The Labute approximate surface area is 140 Å². The molecule has 0 aliphatic heterocycles. The molecule has 128 valence electrons. The van der Waals surface area contributed by atoms with Gasteiger partial charge in [-0.15, -0.1) is 5.10 Å². The van der Waals surface area contributed by atoms with E-state index in [0.717, 1.165) is 5.56 Å². The number of aromatic nitrogens is 4. The third-order valence-corrected chi connectivity index (χ3v) is 3.09. The van der Waals surface area contributed by atoms with Crippen molar-refractivity contribution in [3.05, 3.63) is 42.2 Å². The Bertz CT molecular complexity index is 665. The van der Waals surface area contributed by atoms with E-state index in [9.17, 15) is 9.59 Å². The smallest absolute Gasteiger partial charge is 0.331 e. The maximum Gasteiger partial charge on any atom is 0.331 e. The van der Waals surface area contributed by atoms with Crippen LogP contribution in [0, 0.1) is 0 Å². The van der Waals surface area contributed by atoms with Crippen LogP contribution in [0.25, 0.3) is 0 Å². The van der Waals surface area contributed by atoms with Crippen molar-refractivity contribution in [3.63, 3.8) is 0 Å². The first kappa shape index (κ1) is 17.6. The molecule has 1 aromatic heterocycles. The highest BCUT2D eigenvalue weighted by Gasteiger charge is 2.25. The molecule has 0 bridgehead atoms. The van der Waals surface area contributed by atoms with Gasteiger partial charge in [0.25, 0.3) is 5.91 Å². The Kier molecular flexibility index (Phi) is 5.62. The number of ether oxygens (including phenoxy) is 1. The molecular formula is C16H21N5O3. The van der Waals surface area contributed by atoms with Crippen LogP contribution in [0.2, 0.25) is 0 Å². The molecular weight excluding hydrogens is 310 g/mol. The van der Waals surface area contributed by atoms with Crippen molar-refractivity contribution in [2.24, 2.45) is 0 Å². The highest BCUT2D eigenvalue weighted by Crippen LogP contribution is 2.14. The third-order valence-electron chi connectivity index (χ3n) is 3.09. The molecule has 2 aromatic rings. The summed E-state index contributed by atoms with van der Waals surface area (Å²) in [6, 6.07) is 8.73. The fourth-order valence-corrected chi connectivity index (χ4v) is 2.12. The molecule has 2 rings (SSSR count). The van der Waals surface area contributed by atoms with Crippen LogP contribution in [0.5, 0.6) is 0 Å². The van der Waals surface area contributed by atoms with Gasteiger partial charge in [-0.2, -0.15) is 0 Å². The van der Waals surface area contributed by atoms with Crippen LogP contribution in [-0.2, 0) is 20.7 Å². The van der Waals surface area contributed by atoms with Crippen LogP contribution >= 0.6 is 0 Å². The van der Waals surface area contributed by atoms with Gasteiger partial charge in [0, 0.05) is 12.0 Å². The number of carbonyl (C=O) groups is 2. The Morgan fingerprint density at radius 1 is 1.25 bits per heavy atom. The zero-order valence-corrected chi connectivity index (χ0v) is 14.0. The average molecular weight is 331 g/mol. The van der Waals surface area contributed by atoms with E-state index in [1.165, 1.54) is 11.0 Å². The van der Waals surface area contributed by atoms with Gasteiger partial charge in [0.15, 0.2) is 12.6 Å². The Morgan fingerprint density at radius 2 is 1.96 bits per heavy atom. The minimum atomic E-state index is -0.732. The normalized spacial score (nSPS) is 12.5. The van der Waals surface area contributed by atoms with Gasteiger partial charge in [-0.25, -0.2) is 9.48 Å². The van der Waals surface area contributed by atoms with Gasteiger partial charge in [-0.05, 0) is 36.8 Å². The van der Waals surface area contributed by atoms with E-state index >= 15 is 0 Å². The molecule has 1 atom stereocenters. The van der Waals surface area contributed by atoms with E-state index in [1.807, 2.05) is 51.1 Å². The Morgan fingerprint density at radius 3 is 2.54 bits per heavy atom. The molecule has 0 aliphatic carbocycles. The predicted octanol–water partition coefficient (Wildman–Crippen LogP) is 0.915. The second-order valence-electron chi connectivity index (χ2n) is 6.40. The minimum absolute atomic E-state index is 0.344. The summed E-state index contributed by atoms with van der Waals surface area (Å²) in [5, 5.41) is 13.6. The summed E-state index contributed by atoms with van der Waals surface area (Å²) < 4.78 is 6.47. The van der Waals surface area contributed by atoms with Gasteiger partial charge in [0.2, 0.25) is 0 Å². The van der Waals surface area contributed by atoms with Crippen molar-refractivity contribution in [2.75, 3.05) is 6.61 Å².